The zero-order valence-electron chi connectivity index (χ0n) is 35.5. The van der Waals surface area contributed by atoms with E-state index in [0.29, 0.717) is 0 Å². The molecule has 0 spiro atoms. The zero-order chi connectivity index (χ0) is 41.6. The summed E-state index contributed by atoms with van der Waals surface area (Å²) >= 11 is 1.91. The Morgan fingerprint density at radius 2 is 1.19 bits per heavy atom. The van der Waals surface area contributed by atoms with Crippen molar-refractivity contribution in [2.45, 2.75) is 52.4 Å². The van der Waals surface area contributed by atoms with Gasteiger partial charge in [0.2, 0.25) is 0 Å². The fraction of sp³-hybridized carbons (Fsp3) is 0.143. The van der Waals surface area contributed by atoms with Gasteiger partial charge >= 0.3 is 6.85 Å². The summed E-state index contributed by atoms with van der Waals surface area (Å²) in [6.07, 6.45) is 0. The Labute approximate surface area is 362 Å². The highest BCUT2D eigenvalue weighted by molar-refractivity contribution is 7.25. The molecule has 2 aliphatic rings. The number of thiophene rings is 1. The molecule has 12 aromatic rings. The highest BCUT2D eigenvalue weighted by Crippen LogP contribution is 2.50. The molecule has 0 fully saturated rings. The first-order chi connectivity index (χ1) is 30.0. The standard InChI is InChI=1S/C56H41BN2O2S/c1-55(2,3)30-15-18-32(19-16-30)59-43-29-50-40(39-25-31(56(4,5)6)17-24-49(39)62-50)26-37(43)34-20-21-36-51-42(22-23-47-52(51)35-12-8-10-14-46(35)60-47)58-44-28-48-38(33-11-7-9-13-45(33)61-48)27-41(44)57(59)53(34)54(36)58/h7-29H,1-6H3. The molecule has 6 heterocycles. The summed E-state index contributed by atoms with van der Waals surface area (Å²) in [7, 11) is 0. The molecule has 0 saturated heterocycles. The van der Waals surface area contributed by atoms with Gasteiger partial charge in [0, 0.05) is 81.2 Å². The van der Waals surface area contributed by atoms with Gasteiger partial charge in [0.25, 0.3) is 0 Å². The van der Waals surface area contributed by atoms with Crippen molar-refractivity contribution in [3.05, 3.63) is 151 Å². The minimum Gasteiger partial charge on any atom is -0.456 e. The molecule has 0 aliphatic carbocycles. The second-order valence-electron chi connectivity index (χ2n) is 19.7. The predicted octanol–water partition coefficient (Wildman–Crippen LogP) is 14.8. The van der Waals surface area contributed by atoms with E-state index in [1.165, 1.54) is 91.9 Å². The van der Waals surface area contributed by atoms with E-state index in [4.69, 9.17) is 8.83 Å². The molecule has 0 radical (unpaired) electrons. The van der Waals surface area contributed by atoms with Crippen LogP contribution in [0.25, 0.3) is 103 Å². The van der Waals surface area contributed by atoms with Crippen molar-refractivity contribution in [3.8, 4) is 16.8 Å². The SMILES string of the molecule is CC(C)(C)c1ccc(N2B3c4cc5c(cc4-n4c6ccc7oc8ccccc8c7c6c6ccc(c3c64)-c3cc4c(cc32)sc2ccc(C(C)(C)C)cc24)oc2ccccc25)cc1. The van der Waals surface area contributed by atoms with E-state index in [1.807, 2.05) is 11.3 Å². The number of hydrogen-bond donors (Lipinski definition) is 0. The zero-order valence-corrected chi connectivity index (χ0v) is 36.3. The normalized spacial score (nSPS) is 13.9. The number of nitrogens with zero attached hydrogens (tertiary/aromatic N) is 2. The highest BCUT2D eigenvalue weighted by Gasteiger charge is 2.45. The minimum atomic E-state index is -0.123. The molecule has 62 heavy (non-hydrogen) atoms. The van der Waals surface area contributed by atoms with Crippen molar-refractivity contribution in [1.29, 1.82) is 0 Å². The number of fused-ring (bicyclic) bond motifs is 18. The van der Waals surface area contributed by atoms with E-state index in [0.717, 1.165) is 44.2 Å². The lowest BCUT2D eigenvalue weighted by molar-refractivity contribution is 0.590. The monoisotopic (exact) mass is 816 g/mol. The first-order valence-corrected chi connectivity index (χ1v) is 22.6. The molecule has 0 unspecified atom stereocenters. The van der Waals surface area contributed by atoms with Crippen molar-refractivity contribution in [3.63, 3.8) is 0 Å². The second kappa shape index (κ2) is 11.6. The summed E-state index contributed by atoms with van der Waals surface area (Å²) in [5.74, 6) is 0. The van der Waals surface area contributed by atoms with Gasteiger partial charge < -0.3 is 18.2 Å². The molecule has 8 aromatic carbocycles. The van der Waals surface area contributed by atoms with Crippen LogP contribution in [-0.4, -0.2) is 11.4 Å². The average Bonchev–Trinajstić information content (AvgIpc) is 4.02. The lowest BCUT2D eigenvalue weighted by Gasteiger charge is -2.42. The third-order valence-electron chi connectivity index (χ3n) is 14.1. The Kier molecular flexibility index (Phi) is 6.52. The summed E-state index contributed by atoms with van der Waals surface area (Å²) in [5.41, 5.74) is 17.5. The fourth-order valence-corrected chi connectivity index (χ4v) is 12.2. The van der Waals surface area contributed by atoms with E-state index in [-0.39, 0.29) is 17.7 Å². The number of para-hydroxylation sites is 2. The molecular weight excluding hydrogens is 776 g/mol. The Morgan fingerprint density at radius 1 is 0.484 bits per heavy atom. The van der Waals surface area contributed by atoms with Crippen molar-refractivity contribution >= 4 is 126 Å². The molecular formula is C56H41BN2O2S. The Hall–Kier alpha value is -6.76. The van der Waals surface area contributed by atoms with Crippen LogP contribution in [0, 0.1) is 0 Å². The maximum atomic E-state index is 6.69. The largest absolute Gasteiger partial charge is 0.456 e. The third-order valence-corrected chi connectivity index (χ3v) is 15.2. The van der Waals surface area contributed by atoms with Crippen LogP contribution in [0.3, 0.4) is 0 Å². The molecule has 4 nitrogen and oxygen atoms in total. The number of benzene rings is 8. The molecule has 6 heteroatoms. The quantitative estimate of drug-likeness (QED) is 0.155. The topological polar surface area (TPSA) is 34.5 Å². The van der Waals surface area contributed by atoms with Gasteiger partial charge in [0.15, 0.2) is 0 Å². The maximum Gasteiger partial charge on any atom is 0.333 e. The van der Waals surface area contributed by atoms with Gasteiger partial charge in [-0.2, -0.15) is 0 Å². The number of furan rings is 2. The highest BCUT2D eigenvalue weighted by atomic mass is 32.1. The molecule has 0 N–H and O–H groups in total. The van der Waals surface area contributed by atoms with Crippen molar-refractivity contribution < 1.29 is 8.83 Å². The summed E-state index contributed by atoms with van der Waals surface area (Å²) in [4.78, 5) is 2.66. The maximum absolute atomic E-state index is 6.69. The summed E-state index contributed by atoms with van der Waals surface area (Å²) < 4.78 is 18.4. The summed E-state index contributed by atoms with van der Waals surface area (Å²) in [6, 6.07) is 52.5. The van der Waals surface area contributed by atoms with E-state index >= 15 is 0 Å². The average molecular weight is 817 g/mol. The van der Waals surface area contributed by atoms with Crippen LogP contribution in [0.5, 0.6) is 0 Å². The molecule has 296 valence electrons. The van der Waals surface area contributed by atoms with Gasteiger partial charge in [0.1, 0.15) is 22.3 Å². The van der Waals surface area contributed by atoms with Crippen molar-refractivity contribution in [2.24, 2.45) is 0 Å². The number of aromatic nitrogens is 1. The third kappa shape index (κ3) is 4.47. The van der Waals surface area contributed by atoms with Gasteiger partial charge in [-0.05, 0) is 99.1 Å². The smallest absolute Gasteiger partial charge is 0.333 e. The molecule has 4 aromatic heterocycles. The summed E-state index contributed by atoms with van der Waals surface area (Å²) in [6.45, 7) is 13.7. The van der Waals surface area contributed by atoms with Gasteiger partial charge in [-0.25, -0.2) is 0 Å². The molecule has 0 amide bonds. The lowest BCUT2D eigenvalue weighted by Crippen LogP contribution is -2.60. The summed E-state index contributed by atoms with van der Waals surface area (Å²) in [5, 5.41) is 9.69. The Balaban J connectivity index is 1.17. The van der Waals surface area contributed by atoms with Gasteiger partial charge in [-0.1, -0.05) is 114 Å². The fourth-order valence-electron chi connectivity index (χ4n) is 11.1. The predicted molar refractivity (Wildman–Crippen MR) is 265 cm³/mol. The molecule has 0 saturated carbocycles. The van der Waals surface area contributed by atoms with Crippen molar-refractivity contribution in [2.75, 3.05) is 4.81 Å². The van der Waals surface area contributed by atoms with Crippen LogP contribution >= 0.6 is 11.3 Å². The number of anilines is 2. The van der Waals surface area contributed by atoms with E-state index in [1.54, 1.807) is 0 Å². The van der Waals surface area contributed by atoms with Crippen LogP contribution in [0.1, 0.15) is 52.7 Å². The van der Waals surface area contributed by atoms with Crippen LogP contribution in [-0.2, 0) is 10.8 Å². The molecule has 14 rings (SSSR count). The van der Waals surface area contributed by atoms with E-state index in [2.05, 4.69) is 190 Å². The Morgan fingerprint density at radius 3 is 1.98 bits per heavy atom. The molecule has 2 aliphatic heterocycles. The first-order valence-electron chi connectivity index (χ1n) is 21.8. The van der Waals surface area contributed by atoms with Crippen LogP contribution in [0.4, 0.5) is 11.4 Å². The lowest BCUT2D eigenvalue weighted by atomic mass is 9.44. The van der Waals surface area contributed by atoms with Crippen LogP contribution < -0.4 is 15.7 Å². The van der Waals surface area contributed by atoms with Gasteiger partial charge in [-0.15, -0.1) is 11.3 Å². The van der Waals surface area contributed by atoms with Crippen molar-refractivity contribution in [1.82, 2.24) is 4.57 Å². The molecule has 0 atom stereocenters. The number of hydrogen-bond acceptors (Lipinski definition) is 4. The van der Waals surface area contributed by atoms with Crippen LogP contribution in [0.2, 0.25) is 0 Å². The second-order valence-corrected chi connectivity index (χ2v) is 20.8. The Bertz CT molecular complexity index is 3960. The minimum absolute atomic E-state index is 0.0289. The number of rotatable bonds is 1. The van der Waals surface area contributed by atoms with E-state index < -0.39 is 0 Å². The van der Waals surface area contributed by atoms with Gasteiger partial charge in [-0.3, -0.25) is 0 Å². The molecule has 0 bridgehead atoms. The van der Waals surface area contributed by atoms with Crippen LogP contribution in [0.15, 0.2) is 148 Å². The first kappa shape index (κ1) is 34.9. The van der Waals surface area contributed by atoms with Gasteiger partial charge in [0.05, 0.1) is 11.0 Å². The van der Waals surface area contributed by atoms with E-state index in [9.17, 15) is 0 Å².